The van der Waals surface area contributed by atoms with Crippen LogP contribution in [0.1, 0.15) is 37.8 Å². The number of ether oxygens (including phenoxy) is 1. The minimum atomic E-state index is 0.372. The van der Waals surface area contributed by atoms with E-state index in [-0.39, 0.29) is 0 Å². The molecule has 1 aliphatic rings. The number of methoxy groups -OCH3 is 1. The van der Waals surface area contributed by atoms with Gasteiger partial charge in [0.1, 0.15) is 5.75 Å². The van der Waals surface area contributed by atoms with Crippen molar-refractivity contribution >= 4 is 0 Å². The smallest absolute Gasteiger partial charge is 0.123 e. The van der Waals surface area contributed by atoms with Crippen LogP contribution < -0.4 is 10.1 Å². The van der Waals surface area contributed by atoms with Gasteiger partial charge in [-0.2, -0.15) is 0 Å². The summed E-state index contributed by atoms with van der Waals surface area (Å²) in [6, 6.07) is 8.62. The molecule has 1 saturated carbocycles. The van der Waals surface area contributed by atoms with E-state index in [1.54, 1.807) is 7.11 Å². The van der Waals surface area contributed by atoms with Crippen molar-refractivity contribution in [1.82, 2.24) is 5.32 Å². The summed E-state index contributed by atoms with van der Waals surface area (Å²) in [5.74, 6) is 1.88. The van der Waals surface area contributed by atoms with Gasteiger partial charge < -0.3 is 10.1 Å². The van der Waals surface area contributed by atoms with E-state index in [1.165, 1.54) is 24.8 Å². The first-order valence-electron chi connectivity index (χ1n) is 6.17. The fourth-order valence-electron chi connectivity index (χ4n) is 2.17. The predicted molar refractivity (Wildman–Crippen MR) is 66.8 cm³/mol. The molecule has 16 heavy (non-hydrogen) atoms. The van der Waals surface area contributed by atoms with Gasteiger partial charge in [-0.05, 0) is 38.3 Å². The predicted octanol–water partition coefficient (Wildman–Crippen LogP) is 3.15. The first-order chi connectivity index (χ1) is 7.81. The molecule has 0 aromatic heterocycles. The van der Waals surface area contributed by atoms with Crippen LogP contribution in [0.2, 0.25) is 0 Å². The van der Waals surface area contributed by atoms with Crippen LogP contribution in [0, 0.1) is 5.92 Å². The summed E-state index contributed by atoms with van der Waals surface area (Å²) < 4.78 is 5.37. The van der Waals surface area contributed by atoms with Crippen LogP contribution >= 0.6 is 0 Å². The van der Waals surface area contributed by atoms with E-state index in [0.29, 0.717) is 6.04 Å². The van der Waals surface area contributed by atoms with Gasteiger partial charge in [0, 0.05) is 11.6 Å². The molecule has 1 atom stereocenters. The standard InChI is InChI=1S/C14H21NO/c1-11(15-10-12-6-5-7-12)13-8-3-4-9-14(13)16-2/h3-4,8-9,11-12,15H,5-7,10H2,1-2H3/t11-/m0/s1. The van der Waals surface area contributed by atoms with Crippen LogP contribution in [0.3, 0.4) is 0 Å². The lowest BCUT2D eigenvalue weighted by Crippen LogP contribution is -2.29. The van der Waals surface area contributed by atoms with Gasteiger partial charge in [-0.1, -0.05) is 24.6 Å². The van der Waals surface area contributed by atoms with Crippen molar-refractivity contribution in [3.8, 4) is 5.75 Å². The Kier molecular flexibility index (Phi) is 3.83. The zero-order valence-electron chi connectivity index (χ0n) is 10.2. The van der Waals surface area contributed by atoms with E-state index >= 15 is 0 Å². The summed E-state index contributed by atoms with van der Waals surface area (Å²) in [4.78, 5) is 0. The molecule has 0 radical (unpaired) electrons. The highest BCUT2D eigenvalue weighted by Crippen LogP contribution is 2.28. The second kappa shape index (κ2) is 5.35. The topological polar surface area (TPSA) is 21.3 Å². The van der Waals surface area contributed by atoms with Gasteiger partial charge in [-0.25, -0.2) is 0 Å². The minimum Gasteiger partial charge on any atom is -0.496 e. The first kappa shape index (κ1) is 11.5. The highest BCUT2D eigenvalue weighted by Gasteiger charge is 2.18. The summed E-state index contributed by atoms with van der Waals surface area (Å²) >= 11 is 0. The van der Waals surface area contributed by atoms with Gasteiger partial charge in [0.2, 0.25) is 0 Å². The minimum absolute atomic E-state index is 0.372. The molecule has 0 unspecified atom stereocenters. The van der Waals surface area contributed by atoms with Crippen molar-refractivity contribution in [3.63, 3.8) is 0 Å². The van der Waals surface area contributed by atoms with Crippen molar-refractivity contribution in [2.75, 3.05) is 13.7 Å². The third-order valence-corrected chi connectivity index (χ3v) is 3.54. The lowest BCUT2D eigenvalue weighted by molar-refractivity contribution is 0.291. The van der Waals surface area contributed by atoms with Crippen LogP contribution in [0.4, 0.5) is 0 Å². The molecule has 0 bridgehead atoms. The molecule has 2 nitrogen and oxygen atoms in total. The van der Waals surface area contributed by atoms with E-state index in [0.717, 1.165) is 18.2 Å². The molecule has 0 saturated heterocycles. The lowest BCUT2D eigenvalue weighted by Gasteiger charge is -2.27. The molecule has 1 aromatic rings. The zero-order valence-corrected chi connectivity index (χ0v) is 10.2. The molecule has 1 fully saturated rings. The summed E-state index contributed by atoms with van der Waals surface area (Å²) in [7, 11) is 1.73. The van der Waals surface area contributed by atoms with E-state index in [2.05, 4.69) is 24.4 Å². The van der Waals surface area contributed by atoms with Gasteiger partial charge in [0.25, 0.3) is 0 Å². The third kappa shape index (κ3) is 2.56. The van der Waals surface area contributed by atoms with E-state index < -0.39 is 0 Å². The van der Waals surface area contributed by atoms with Crippen molar-refractivity contribution in [2.45, 2.75) is 32.2 Å². The fraction of sp³-hybridized carbons (Fsp3) is 0.571. The van der Waals surface area contributed by atoms with Gasteiger partial charge in [0.15, 0.2) is 0 Å². The second-order valence-corrected chi connectivity index (χ2v) is 4.67. The lowest BCUT2D eigenvalue weighted by atomic mass is 9.85. The Morgan fingerprint density at radius 2 is 2.12 bits per heavy atom. The summed E-state index contributed by atoms with van der Waals surface area (Å²) in [5, 5.41) is 3.60. The number of hydrogen-bond donors (Lipinski definition) is 1. The fourth-order valence-corrected chi connectivity index (χ4v) is 2.17. The Labute approximate surface area is 98.0 Å². The number of benzene rings is 1. The Morgan fingerprint density at radius 1 is 1.38 bits per heavy atom. The van der Waals surface area contributed by atoms with Crippen LogP contribution in [-0.4, -0.2) is 13.7 Å². The zero-order chi connectivity index (χ0) is 11.4. The number of rotatable bonds is 5. The molecular formula is C14H21NO. The third-order valence-electron chi connectivity index (χ3n) is 3.54. The average molecular weight is 219 g/mol. The van der Waals surface area contributed by atoms with Crippen molar-refractivity contribution in [2.24, 2.45) is 5.92 Å². The van der Waals surface area contributed by atoms with Crippen molar-refractivity contribution in [1.29, 1.82) is 0 Å². The largest absolute Gasteiger partial charge is 0.496 e. The molecule has 1 aromatic carbocycles. The summed E-state index contributed by atoms with van der Waals surface area (Å²) in [6.45, 7) is 3.34. The number of nitrogens with one attached hydrogen (secondary N) is 1. The Bertz CT molecular complexity index is 333. The molecule has 1 aliphatic carbocycles. The molecule has 0 amide bonds. The van der Waals surface area contributed by atoms with Gasteiger partial charge in [-0.15, -0.1) is 0 Å². The van der Waals surface area contributed by atoms with Gasteiger partial charge >= 0.3 is 0 Å². The normalized spacial score (nSPS) is 17.9. The van der Waals surface area contributed by atoms with E-state index in [1.807, 2.05) is 12.1 Å². The van der Waals surface area contributed by atoms with Crippen LogP contribution in [0.25, 0.3) is 0 Å². The van der Waals surface area contributed by atoms with Crippen molar-refractivity contribution < 1.29 is 4.74 Å². The Hall–Kier alpha value is -1.02. The van der Waals surface area contributed by atoms with Gasteiger partial charge in [0.05, 0.1) is 7.11 Å². The summed E-state index contributed by atoms with van der Waals surface area (Å²) in [6.07, 6.45) is 4.20. The Balaban J connectivity index is 1.93. The molecule has 1 N–H and O–H groups in total. The maximum absolute atomic E-state index is 5.37. The Morgan fingerprint density at radius 3 is 2.75 bits per heavy atom. The monoisotopic (exact) mass is 219 g/mol. The van der Waals surface area contributed by atoms with Gasteiger partial charge in [-0.3, -0.25) is 0 Å². The molecule has 2 rings (SSSR count). The molecule has 0 aliphatic heterocycles. The van der Waals surface area contributed by atoms with Crippen LogP contribution in [-0.2, 0) is 0 Å². The molecular weight excluding hydrogens is 198 g/mol. The highest BCUT2D eigenvalue weighted by atomic mass is 16.5. The quantitative estimate of drug-likeness (QED) is 0.821. The highest BCUT2D eigenvalue weighted by molar-refractivity contribution is 5.35. The SMILES string of the molecule is COc1ccccc1[C@H](C)NCC1CCC1. The molecule has 88 valence electrons. The van der Waals surface area contributed by atoms with Crippen molar-refractivity contribution in [3.05, 3.63) is 29.8 Å². The van der Waals surface area contributed by atoms with E-state index in [9.17, 15) is 0 Å². The van der Waals surface area contributed by atoms with Crippen LogP contribution in [0.15, 0.2) is 24.3 Å². The molecule has 0 heterocycles. The van der Waals surface area contributed by atoms with E-state index in [4.69, 9.17) is 4.74 Å². The maximum atomic E-state index is 5.37. The number of para-hydroxylation sites is 1. The molecule has 0 spiro atoms. The van der Waals surface area contributed by atoms with Crippen LogP contribution in [0.5, 0.6) is 5.75 Å². The number of hydrogen-bond acceptors (Lipinski definition) is 2. The molecule has 2 heteroatoms. The summed E-state index contributed by atoms with van der Waals surface area (Å²) in [5.41, 5.74) is 1.25. The maximum Gasteiger partial charge on any atom is 0.123 e. The average Bonchev–Trinajstić information content (AvgIpc) is 2.26. The second-order valence-electron chi connectivity index (χ2n) is 4.67. The first-order valence-corrected chi connectivity index (χ1v) is 6.17.